The van der Waals surface area contributed by atoms with E-state index in [-0.39, 0.29) is 0 Å². The maximum absolute atomic E-state index is 5.54. The van der Waals surface area contributed by atoms with Crippen molar-refractivity contribution < 1.29 is 9.47 Å². The molecule has 0 amide bonds. The van der Waals surface area contributed by atoms with Crippen molar-refractivity contribution in [2.45, 2.75) is 19.3 Å². The Morgan fingerprint density at radius 2 is 2.09 bits per heavy atom. The van der Waals surface area contributed by atoms with Gasteiger partial charge in [-0.2, -0.15) is 0 Å². The molecule has 4 nitrogen and oxygen atoms in total. The monoisotopic (exact) mass is 310 g/mol. The summed E-state index contributed by atoms with van der Waals surface area (Å²) in [4.78, 5) is 9.01. The van der Waals surface area contributed by atoms with Crippen molar-refractivity contribution in [2.24, 2.45) is 10.9 Å². The first-order valence-electron chi connectivity index (χ1n) is 7.97. The Kier molecular flexibility index (Phi) is 4.91. The normalized spacial score (nSPS) is 17.5. The molecule has 1 aromatic carbocycles. The second-order valence-corrected chi connectivity index (χ2v) is 5.73. The molecule has 2 heterocycles. The van der Waals surface area contributed by atoms with Gasteiger partial charge in [-0.3, -0.25) is 9.98 Å². The van der Waals surface area contributed by atoms with E-state index >= 15 is 0 Å². The Morgan fingerprint density at radius 1 is 1.17 bits per heavy atom. The highest BCUT2D eigenvalue weighted by Gasteiger charge is 2.22. The van der Waals surface area contributed by atoms with Crippen molar-refractivity contribution in [3.8, 4) is 11.5 Å². The maximum atomic E-state index is 5.54. The van der Waals surface area contributed by atoms with E-state index < -0.39 is 0 Å². The Balaban J connectivity index is 1.86. The van der Waals surface area contributed by atoms with Gasteiger partial charge >= 0.3 is 0 Å². The highest BCUT2D eigenvalue weighted by molar-refractivity contribution is 6.02. The summed E-state index contributed by atoms with van der Waals surface area (Å²) in [5, 5.41) is 0. The van der Waals surface area contributed by atoms with Crippen LogP contribution >= 0.6 is 0 Å². The van der Waals surface area contributed by atoms with Crippen molar-refractivity contribution in [1.82, 2.24) is 4.98 Å². The van der Waals surface area contributed by atoms with E-state index in [4.69, 9.17) is 14.5 Å². The summed E-state index contributed by atoms with van der Waals surface area (Å²) < 4.78 is 10.8. The van der Waals surface area contributed by atoms with Crippen LogP contribution in [0.15, 0.2) is 47.7 Å². The fraction of sp³-hybridized carbons (Fsp3) is 0.368. The van der Waals surface area contributed by atoms with Gasteiger partial charge < -0.3 is 9.47 Å². The molecule has 1 aliphatic heterocycles. The van der Waals surface area contributed by atoms with Gasteiger partial charge in [-0.05, 0) is 37.0 Å². The van der Waals surface area contributed by atoms with Gasteiger partial charge in [-0.25, -0.2) is 0 Å². The van der Waals surface area contributed by atoms with Crippen LogP contribution in [0, 0.1) is 5.92 Å². The lowest BCUT2D eigenvalue weighted by Gasteiger charge is -2.24. The molecule has 3 rings (SSSR count). The lowest BCUT2D eigenvalue weighted by atomic mass is 9.85. The molecule has 0 aliphatic carbocycles. The Labute approximate surface area is 137 Å². The number of hydrogen-bond donors (Lipinski definition) is 0. The SMILES string of the molecule is COc1ccc(C[C@@H]2CCCN=C2c2cccnc2)c(OC)c1. The number of benzene rings is 1. The van der Waals surface area contributed by atoms with Crippen LogP contribution in [0.4, 0.5) is 0 Å². The topological polar surface area (TPSA) is 43.7 Å². The summed E-state index contributed by atoms with van der Waals surface area (Å²) in [5.41, 5.74) is 3.49. The molecule has 1 aliphatic rings. The van der Waals surface area contributed by atoms with E-state index in [0.717, 1.165) is 42.9 Å². The van der Waals surface area contributed by atoms with Crippen molar-refractivity contribution >= 4 is 5.71 Å². The van der Waals surface area contributed by atoms with Gasteiger partial charge in [-0.1, -0.05) is 12.1 Å². The molecular formula is C19H22N2O2. The molecule has 0 saturated heterocycles. The molecule has 4 heteroatoms. The van der Waals surface area contributed by atoms with Crippen LogP contribution in [0.2, 0.25) is 0 Å². The van der Waals surface area contributed by atoms with E-state index in [9.17, 15) is 0 Å². The van der Waals surface area contributed by atoms with Crippen molar-refractivity contribution in [3.63, 3.8) is 0 Å². The minimum Gasteiger partial charge on any atom is -0.497 e. The molecule has 0 radical (unpaired) electrons. The van der Waals surface area contributed by atoms with Gasteiger partial charge in [0.05, 0.1) is 14.2 Å². The first kappa shape index (κ1) is 15.5. The van der Waals surface area contributed by atoms with E-state index in [0.29, 0.717) is 5.92 Å². The predicted molar refractivity (Wildman–Crippen MR) is 91.6 cm³/mol. The highest BCUT2D eigenvalue weighted by atomic mass is 16.5. The summed E-state index contributed by atoms with van der Waals surface area (Å²) in [7, 11) is 3.37. The molecule has 0 unspecified atom stereocenters. The third kappa shape index (κ3) is 3.52. The average Bonchev–Trinajstić information content (AvgIpc) is 2.63. The molecule has 1 aromatic heterocycles. The molecule has 23 heavy (non-hydrogen) atoms. The largest absolute Gasteiger partial charge is 0.497 e. The van der Waals surface area contributed by atoms with Gasteiger partial charge in [0, 0.05) is 42.2 Å². The van der Waals surface area contributed by atoms with Crippen molar-refractivity contribution in [2.75, 3.05) is 20.8 Å². The van der Waals surface area contributed by atoms with Crippen LogP contribution < -0.4 is 9.47 Å². The van der Waals surface area contributed by atoms with Crippen LogP contribution in [0.3, 0.4) is 0 Å². The van der Waals surface area contributed by atoms with Crippen LogP contribution in [-0.4, -0.2) is 31.5 Å². The Morgan fingerprint density at radius 3 is 2.83 bits per heavy atom. The molecule has 0 saturated carbocycles. The summed E-state index contributed by atoms with van der Waals surface area (Å²) >= 11 is 0. The summed E-state index contributed by atoms with van der Waals surface area (Å²) in [6.45, 7) is 0.903. The third-order valence-electron chi connectivity index (χ3n) is 4.30. The molecule has 0 fully saturated rings. The van der Waals surface area contributed by atoms with Gasteiger partial charge in [0.25, 0.3) is 0 Å². The van der Waals surface area contributed by atoms with Crippen molar-refractivity contribution in [1.29, 1.82) is 0 Å². The Bertz CT molecular complexity index is 683. The minimum absolute atomic E-state index is 0.398. The van der Waals surface area contributed by atoms with Gasteiger partial charge in [0.2, 0.25) is 0 Å². The number of hydrogen-bond acceptors (Lipinski definition) is 4. The fourth-order valence-corrected chi connectivity index (χ4v) is 3.13. The molecule has 2 aromatic rings. The highest BCUT2D eigenvalue weighted by Crippen LogP contribution is 2.30. The first-order chi connectivity index (χ1) is 11.3. The molecular weight excluding hydrogens is 288 g/mol. The molecule has 0 bridgehead atoms. The number of rotatable bonds is 5. The van der Waals surface area contributed by atoms with Crippen LogP contribution in [0.5, 0.6) is 11.5 Å². The van der Waals surface area contributed by atoms with E-state index in [1.54, 1.807) is 20.4 Å². The van der Waals surface area contributed by atoms with E-state index in [2.05, 4.69) is 17.1 Å². The molecule has 120 valence electrons. The lowest BCUT2D eigenvalue weighted by Crippen LogP contribution is -2.23. The van der Waals surface area contributed by atoms with Gasteiger partial charge in [0.15, 0.2) is 0 Å². The number of aromatic nitrogens is 1. The zero-order valence-electron chi connectivity index (χ0n) is 13.7. The Hall–Kier alpha value is -2.36. The first-order valence-corrected chi connectivity index (χ1v) is 7.97. The quantitative estimate of drug-likeness (QED) is 0.848. The van der Waals surface area contributed by atoms with Crippen molar-refractivity contribution in [3.05, 3.63) is 53.9 Å². The average molecular weight is 310 g/mol. The van der Waals surface area contributed by atoms with Gasteiger partial charge in [0.1, 0.15) is 11.5 Å². The predicted octanol–water partition coefficient (Wildman–Crippen LogP) is 3.54. The smallest absolute Gasteiger partial charge is 0.125 e. The summed E-state index contributed by atoms with van der Waals surface area (Å²) in [5.74, 6) is 2.09. The number of pyridine rings is 1. The molecule has 1 atom stereocenters. The standard InChI is InChI=1S/C19H22N2O2/c1-22-17-8-7-14(18(12-17)23-2)11-15-5-4-10-21-19(15)16-6-3-9-20-13-16/h3,6-9,12-13,15H,4-5,10-11H2,1-2H3/t15-/m0/s1. The fourth-order valence-electron chi connectivity index (χ4n) is 3.13. The zero-order valence-corrected chi connectivity index (χ0v) is 13.7. The summed E-state index contributed by atoms with van der Waals surface area (Å²) in [6, 6.07) is 10.1. The molecule has 0 spiro atoms. The van der Waals surface area contributed by atoms with E-state index in [1.165, 1.54) is 11.3 Å². The van der Waals surface area contributed by atoms with Crippen LogP contribution in [0.1, 0.15) is 24.0 Å². The maximum Gasteiger partial charge on any atom is 0.125 e. The van der Waals surface area contributed by atoms with E-state index in [1.807, 2.05) is 24.4 Å². The number of ether oxygens (including phenoxy) is 2. The lowest BCUT2D eigenvalue weighted by molar-refractivity contribution is 0.389. The van der Waals surface area contributed by atoms with Crippen LogP contribution in [0.25, 0.3) is 0 Å². The zero-order chi connectivity index (χ0) is 16.1. The van der Waals surface area contributed by atoms with Gasteiger partial charge in [-0.15, -0.1) is 0 Å². The minimum atomic E-state index is 0.398. The third-order valence-corrected chi connectivity index (χ3v) is 4.30. The molecule has 0 N–H and O–H groups in total. The number of nitrogens with zero attached hydrogens (tertiary/aromatic N) is 2. The van der Waals surface area contributed by atoms with Crippen LogP contribution in [-0.2, 0) is 6.42 Å². The summed E-state index contributed by atoms with van der Waals surface area (Å²) in [6.07, 6.45) is 6.90. The second kappa shape index (κ2) is 7.27. The number of methoxy groups -OCH3 is 2. The second-order valence-electron chi connectivity index (χ2n) is 5.73. The number of aliphatic imine (C=N–C) groups is 1.